The molecule has 0 aromatic carbocycles. The van der Waals surface area contributed by atoms with Gasteiger partial charge in [0.05, 0.1) is 5.01 Å². The zero-order valence-corrected chi connectivity index (χ0v) is 17.7. The molecule has 1 amide bonds. The number of halogens is 1. The molecular weight excluding hydrogens is 437 g/mol. The average molecular weight is 465 g/mol. The Kier molecular flexibility index (Phi) is 10.2. The topological polar surface area (TPSA) is 69.6 Å². The first-order chi connectivity index (χ1) is 11.2. The van der Waals surface area contributed by atoms with Gasteiger partial charge in [0, 0.05) is 43.7 Å². The van der Waals surface area contributed by atoms with E-state index in [9.17, 15) is 4.79 Å². The lowest BCUT2D eigenvalue weighted by atomic mass is 10.3. The van der Waals surface area contributed by atoms with Crippen LogP contribution in [-0.4, -0.2) is 54.5 Å². The van der Waals surface area contributed by atoms with Crippen molar-refractivity contribution in [3.63, 3.8) is 0 Å². The van der Waals surface area contributed by atoms with Crippen LogP contribution >= 0.6 is 35.3 Å². The lowest BCUT2D eigenvalue weighted by Crippen LogP contribution is -2.39. The van der Waals surface area contributed by atoms with E-state index < -0.39 is 0 Å². The van der Waals surface area contributed by atoms with E-state index in [1.54, 1.807) is 11.3 Å². The molecule has 2 heterocycles. The lowest BCUT2D eigenvalue weighted by Gasteiger charge is -2.15. The first-order valence-corrected chi connectivity index (χ1v) is 9.28. The number of amides is 1. The van der Waals surface area contributed by atoms with E-state index in [1.807, 2.05) is 18.7 Å². The number of hydrogen-bond donors (Lipinski definition) is 2. The van der Waals surface area contributed by atoms with E-state index in [2.05, 4.69) is 26.0 Å². The summed E-state index contributed by atoms with van der Waals surface area (Å²) in [7, 11) is 0. The maximum atomic E-state index is 12.0. The Morgan fingerprint density at radius 3 is 2.75 bits per heavy atom. The fourth-order valence-electron chi connectivity index (χ4n) is 2.52. The van der Waals surface area contributed by atoms with Gasteiger partial charge >= 0.3 is 0 Å². The van der Waals surface area contributed by atoms with E-state index in [0.29, 0.717) is 0 Å². The number of likely N-dealkylation sites (tertiary alicyclic amines) is 1. The number of aryl methyl sites for hydroxylation is 2. The molecule has 0 aliphatic carbocycles. The molecule has 0 unspecified atom stereocenters. The van der Waals surface area contributed by atoms with E-state index in [-0.39, 0.29) is 36.4 Å². The molecule has 1 aromatic rings. The van der Waals surface area contributed by atoms with E-state index in [4.69, 9.17) is 0 Å². The number of guanidine groups is 1. The van der Waals surface area contributed by atoms with E-state index in [0.717, 1.165) is 63.5 Å². The Balaban J connectivity index is 0.00000288. The highest BCUT2D eigenvalue weighted by molar-refractivity contribution is 14.0. The van der Waals surface area contributed by atoms with Crippen molar-refractivity contribution >= 4 is 47.2 Å². The summed E-state index contributed by atoms with van der Waals surface area (Å²) in [6.45, 7) is 7.64. The molecule has 0 atom stereocenters. The van der Waals surface area contributed by atoms with Crippen LogP contribution in [0.2, 0.25) is 0 Å². The van der Waals surface area contributed by atoms with Crippen molar-refractivity contribution in [2.75, 3.05) is 32.7 Å². The average Bonchev–Trinajstić information content (AvgIpc) is 3.20. The summed E-state index contributed by atoms with van der Waals surface area (Å²) >= 11 is 1.71. The fourth-order valence-corrected chi connectivity index (χ4v) is 3.34. The highest BCUT2D eigenvalue weighted by atomic mass is 127. The summed E-state index contributed by atoms with van der Waals surface area (Å²) in [5.74, 6) is 0.841. The Morgan fingerprint density at radius 1 is 1.38 bits per heavy atom. The quantitative estimate of drug-likeness (QED) is 0.280. The van der Waals surface area contributed by atoms with Crippen molar-refractivity contribution in [2.45, 2.75) is 39.5 Å². The Labute approximate surface area is 165 Å². The predicted octanol–water partition coefficient (Wildman–Crippen LogP) is 2.18. The SMILES string of the molecule is CCNC(=NCC(=O)N1CCCC1)NCCCc1nc(C)cs1.I. The molecule has 0 bridgehead atoms. The van der Waals surface area contributed by atoms with Crippen LogP contribution in [0.15, 0.2) is 10.4 Å². The Morgan fingerprint density at radius 2 is 2.12 bits per heavy atom. The molecule has 6 nitrogen and oxygen atoms in total. The van der Waals surface area contributed by atoms with Crippen LogP contribution in [-0.2, 0) is 11.2 Å². The minimum Gasteiger partial charge on any atom is -0.357 e. The molecule has 136 valence electrons. The monoisotopic (exact) mass is 465 g/mol. The van der Waals surface area contributed by atoms with Crippen molar-refractivity contribution in [1.29, 1.82) is 0 Å². The zero-order valence-electron chi connectivity index (χ0n) is 14.5. The van der Waals surface area contributed by atoms with Crippen LogP contribution in [0, 0.1) is 6.92 Å². The van der Waals surface area contributed by atoms with Gasteiger partial charge in [-0.2, -0.15) is 0 Å². The molecule has 0 radical (unpaired) electrons. The van der Waals surface area contributed by atoms with E-state index in [1.165, 1.54) is 5.01 Å². The van der Waals surface area contributed by atoms with Crippen molar-refractivity contribution in [3.05, 3.63) is 16.1 Å². The van der Waals surface area contributed by atoms with Crippen molar-refractivity contribution < 1.29 is 4.79 Å². The molecule has 1 aliphatic rings. The summed E-state index contributed by atoms with van der Waals surface area (Å²) in [4.78, 5) is 22.8. The van der Waals surface area contributed by atoms with Gasteiger partial charge in [0.2, 0.25) is 5.91 Å². The summed E-state index contributed by atoms with van der Waals surface area (Å²) in [5.41, 5.74) is 1.09. The predicted molar refractivity (Wildman–Crippen MR) is 110 cm³/mol. The van der Waals surface area contributed by atoms with E-state index >= 15 is 0 Å². The number of carbonyl (C=O) groups excluding carboxylic acids is 1. The minimum absolute atomic E-state index is 0. The molecule has 24 heavy (non-hydrogen) atoms. The van der Waals surface area contributed by atoms with Gasteiger partial charge in [-0.15, -0.1) is 35.3 Å². The number of hydrogen-bond acceptors (Lipinski definition) is 4. The third-order valence-corrected chi connectivity index (χ3v) is 4.73. The summed E-state index contributed by atoms with van der Waals surface area (Å²) in [6.07, 6.45) is 4.20. The molecule has 0 saturated carbocycles. The van der Waals surface area contributed by atoms with Crippen LogP contribution in [0.25, 0.3) is 0 Å². The third-order valence-electron chi connectivity index (χ3n) is 3.70. The van der Waals surface area contributed by atoms with Crippen molar-refractivity contribution in [1.82, 2.24) is 20.5 Å². The van der Waals surface area contributed by atoms with Gasteiger partial charge in [-0.3, -0.25) is 4.79 Å². The second-order valence-corrected chi connectivity index (χ2v) is 6.64. The smallest absolute Gasteiger partial charge is 0.244 e. The van der Waals surface area contributed by atoms with Gasteiger partial charge in [-0.05, 0) is 33.1 Å². The third kappa shape index (κ3) is 7.33. The molecule has 1 aliphatic heterocycles. The highest BCUT2D eigenvalue weighted by Crippen LogP contribution is 2.10. The van der Waals surface area contributed by atoms with Crippen LogP contribution in [0.1, 0.15) is 36.9 Å². The largest absolute Gasteiger partial charge is 0.357 e. The van der Waals surface area contributed by atoms with Crippen molar-refractivity contribution in [3.8, 4) is 0 Å². The normalized spacial score (nSPS) is 14.4. The standard InChI is InChI=1S/C16H27N5OS.HI/c1-3-17-16(19-11-15(22)21-9-4-5-10-21)18-8-6-7-14-20-13(2)12-23-14;/h12H,3-11H2,1-2H3,(H2,17,18,19);1H. The number of nitrogens with one attached hydrogen (secondary N) is 2. The first-order valence-electron chi connectivity index (χ1n) is 8.40. The van der Waals surface area contributed by atoms with Gasteiger partial charge in [0.15, 0.2) is 5.96 Å². The minimum atomic E-state index is 0. The van der Waals surface area contributed by atoms with Gasteiger partial charge < -0.3 is 15.5 Å². The fraction of sp³-hybridized carbons (Fsp3) is 0.688. The number of nitrogens with zero attached hydrogens (tertiary/aromatic N) is 3. The summed E-state index contributed by atoms with van der Waals surface area (Å²) < 4.78 is 0. The molecule has 1 aromatic heterocycles. The number of aliphatic imine (C=N–C) groups is 1. The summed E-state index contributed by atoms with van der Waals surface area (Å²) in [6, 6.07) is 0. The Hall–Kier alpha value is -0.900. The van der Waals surface area contributed by atoms with Crippen LogP contribution in [0.5, 0.6) is 0 Å². The van der Waals surface area contributed by atoms with Crippen LogP contribution < -0.4 is 10.6 Å². The first kappa shape index (κ1) is 21.1. The molecular formula is C16H28IN5OS. The highest BCUT2D eigenvalue weighted by Gasteiger charge is 2.17. The summed E-state index contributed by atoms with van der Waals surface area (Å²) in [5, 5.41) is 9.73. The number of rotatable bonds is 7. The second-order valence-electron chi connectivity index (χ2n) is 5.70. The molecule has 1 fully saturated rings. The van der Waals surface area contributed by atoms with Gasteiger partial charge in [-0.25, -0.2) is 9.98 Å². The van der Waals surface area contributed by atoms with Gasteiger partial charge in [0.1, 0.15) is 6.54 Å². The van der Waals surface area contributed by atoms with Crippen LogP contribution in [0.3, 0.4) is 0 Å². The number of carbonyl (C=O) groups is 1. The van der Waals surface area contributed by atoms with Gasteiger partial charge in [0.25, 0.3) is 0 Å². The second kappa shape index (κ2) is 11.6. The number of thiazole rings is 1. The maximum absolute atomic E-state index is 12.0. The molecule has 2 N–H and O–H groups in total. The molecule has 0 spiro atoms. The molecule has 8 heteroatoms. The Bertz CT molecular complexity index is 528. The van der Waals surface area contributed by atoms with Gasteiger partial charge in [-0.1, -0.05) is 0 Å². The lowest BCUT2D eigenvalue weighted by molar-refractivity contribution is -0.128. The van der Waals surface area contributed by atoms with Crippen molar-refractivity contribution in [2.24, 2.45) is 4.99 Å². The van der Waals surface area contributed by atoms with Crippen LogP contribution in [0.4, 0.5) is 0 Å². The molecule has 1 saturated heterocycles. The maximum Gasteiger partial charge on any atom is 0.244 e. The number of aromatic nitrogens is 1. The zero-order chi connectivity index (χ0) is 16.5. The molecule has 2 rings (SSSR count).